The number of nitro groups is 1. The monoisotopic (exact) mass is 641 g/mol. The van der Waals surface area contributed by atoms with E-state index in [1.807, 2.05) is 18.2 Å². The molecule has 1 aliphatic rings. The number of fused-ring (bicyclic) bond motifs is 1. The van der Waals surface area contributed by atoms with Crippen molar-refractivity contribution in [3.8, 4) is 0 Å². The van der Waals surface area contributed by atoms with Gasteiger partial charge in [0.2, 0.25) is 15.2 Å². The molecule has 4 aromatic rings. The van der Waals surface area contributed by atoms with Crippen molar-refractivity contribution in [1.29, 1.82) is 0 Å². The lowest BCUT2D eigenvalue weighted by Crippen LogP contribution is -2.37. The van der Waals surface area contributed by atoms with Crippen LogP contribution in [0.25, 0.3) is 10.2 Å². The number of piperidine rings is 1. The highest BCUT2D eigenvalue weighted by Gasteiger charge is 2.29. The summed E-state index contributed by atoms with van der Waals surface area (Å²) in [4.78, 5) is 28.9. The number of rotatable bonds is 7. The number of hydrazone groups is 1. The molecule has 40 heavy (non-hydrogen) atoms. The van der Waals surface area contributed by atoms with Gasteiger partial charge in [-0.25, -0.2) is 13.4 Å². The lowest BCUT2D eigenvalue weighted by atomic mass is 10.0. The molecular weight excluding hydrogens is 618 g/mol. The second-order valence-electron chi connectivity index (χ2n) is 9.43. The Labute approximate surface area is 243 Å². The number of hydrogen-bond donors (Lipinski definition) is 0. The molecule has 1 fully saturated rings. The second-order valence-corrected chi connectivity index (χ2v) is 13.3. The molecule has 0 unspecified atom stereocenters. The van der Waals surface area contributed by atoms with Gasteiger partial charge in [-0.1, -0.05) is 34.2 Å². The molecule has 0 aliphatic carbocycles. The normalized spacial score (nSPS) is 15.1. The van der Waals surface area contributed by atoms with Gasteiger partial charge in [-0.05, 0) is 78.9 Å². The van der Waals surface area contributed by atoms with Crippen molar-refractivity contribution in [3.05, 3.63) is 92.4 Å². The number of hydrogen-bond acceptors (Lipinski definition) is 8. The molecule has 0 N–H and O–H groups in total. The predicted molar refractivity (Wildman–Crippen MR) is 158 cm³/mol. The number of non-ortho nitro benzene ring substituents is 1. The molecule has 13 heteroatoms. The minimum Gasteiger partial charge on any atom is -0.267 e. The van der Waals surface area contributed by atoms with Gasteiger partial charge >= 0.3 is 0 Å². The van der Waals surface area contributed by atoms with Crippen LogP contribution in [0, 0.1) is 16.0 Å². The zero-order chi connectivity index (χ0) is 28.4. The van der Waals surface area contributed by atoms with Gasteiger partial charge in [-0.15, -0.1) is 0 Å². The van der Waals surface area contributed by atoms with Crippen LogP contribution >= 0.6 is 27.3 Å². The highest BCUT2D eigenvalue weighted by atomic mass is 79.9. The lowest BCUT2D eigenvalue weighted by molar-refractivity contribution is -0.384. The van der Waals surface area contributed by atoms with E-state index in [1.54, 1.807) is 0 Å². The molecule has 5 rings (SSSR count). The van der Waals surface area contributed by atoms with Crippen molar-refractivity contribution < 1.29 is 18.1 Å². The number of carbonyl (C=O) groups is 1. The Bertz CT molecular complexity index is 1700. The van der Waals surface area contributed by atoms with Crippen LogP contribution < -0.4 is 5.01 Å². The van der Waals surface area contributed by atoms with Crippen LogP contribution in [-0.2, 0) is 10.0 Å². The number of halogens is 1. The maximum atomic E-state index is 13.7. The van der Waals surface area contributed by atoms with E-state index in [2.05, 4.69) is 32.9 Å². The zero-order valence-electron chi connectivity index (χ0n) is 21.3. The molecule has 0 spiro atoms. The van der Waals surface area contributed by atoms with E-state index >= 15 is 0 Å². The first-order chi connectivity index (χ1) is 19.1. The minimum atomic E-state index is -3.66. The molecule has 206 valence electrons. The summed E-state index contributed by atoms with van der Waals surface area (Å²) < 4.78 is 29.5. The van der Waals surface area contributed by atoms with Gasteiger partial charge in [-0.2, -0.15) is 14.4 Å². The van der Waals surface area contributed by atoms with Crippen LogP contribution in [-0.4, -0.2) is 47.8 Å². The van der Waals surface area contributed by atoms with Gasteiger partial charge in [0.05, 0.1) is 26.3 Å². The lowest BCUT2D eigenvalue weighted by Gasteiger charge is -2.29. The van der Waals surface area contributed by atoms with E-state index < -0.39 is 20.9 Å². The van der Waals surface area contributed by atoms with Crippen LogP contribution in [0.5, 0.6) is 0 Å². The highest BCUT2D eigenvalue weighted by molar-refractivity contribution is 9.10. The number of thiazole rings is 1. The summed E-state index contributed by atoms with van der Waals surface area (Å²) >= 11 is 4.71. The summed E-state index contributed by atoms with van der Waals surface area (Å²) in [5, 5.41) is 16.8. The van der Waals surface area contributed by atoms with Crippen molar-refractivity contribution in [2.24, 2.45) is 11.0 Å². The molecule has 3 aromatic carbocycles. The third-order valence-corrected chi connectivity index (χ3v) is 10.0. The van der Waals surface area contributed by atoms with Crippen molar-refractivity contribution in [1.82, 2.24) is 9.29 Å². The fraction of sp³-hybridized carbons (Fsp3) is 0.222. The molecule has 1 aliphatic heterocycles. The first-order valence-electron chi connectivity index (χ1n) is 12.4. The van der Waals surface area contributed by atoms with Crippen molar-refractivity contribution in [3.63, 3.8) is 0 Å². The van der Waals surface area contributed by atoms with Crippen LogP contribution in [0.2, 0.25) is 0 Å². The molecular formula is C27H24BrN5O5S2. The third-order valence-electron chi connectivity index (χ3n) is 6.62. The molecule has 1 aromatic heterocycles. The van der Waals surface area contributed by atoms with E-state index in [9.17, 15) is 23.3 Å². The molecule has 1 amide bonds. The van der Waals surface area contributed by atoms with Gasteiger partial charge in [0.25, 0.3) is 11.6 Å². The van der Waals surface area contributed by atoms with Gasteiger partial charge in [0.1, 0.15) is 0 Å². The Kier molecular flexibility index (Phi) is 8.08. The average molecular weight is 643 g/mol. The van der Waals surface area contributed by atoms with Crippen LogP contribution in [0.3, 0.4) is 0 Å². The molecule has 0 bridgehead atoms. The summed E-state index contributed by atoms with van der Waals surface area (Å²) in [6.07, 6.45) is 3.05. The summed E-state index contributed by atoms with van der Waals surface area (Å²) in [5.74, 6) is -0.0142. The first kappa shape index (κ1) is 28.0. The quantitative estimate of drug-likeness (QED) is 0.137. The van der Waals surface area contributed by atoms with E-state index in [-0.39, 0.29) is 16.1 Å². The van der Waals surface area contributed by atoms with E-state index in [0.717, 1.165) is 27.0 Å². The molecule has 10 nitrogen and oxygen atoms in total. The predicted octanol–water partition coefficient (Wildman–Crippen LogP) is 6.07. The number of anilines is 1. The highest BCUT2D eigenvalue weighted by Crippen LogP contribution is 2.32. The number of nitrogens with zero attached hydrogens (tertiary/aromatic N) is 5. The Morgan fingerprint density at radius 1 is 1.12 bits per heavy atom. The Hall–Kier alpha value is -3.52. The summed E-state index contributed by atoms with van der Waals surface area (Å²) in [7, 11) is -3.66. The SMILES string of the molecule is CC1CCN(S(=O)(=O)c2ccc(C(=O)N(/N=C/c3ccc([N+](=O)[O-])cc3)c3nc4ccc(Br)cc4s3)cc2)CC1. The smallest absolute Gasteiger partial charge is 0.267 e. The Morgan fingerprint density at radius 3 is 2.45 bits per heavy atom. The molecule has 0 saturated carbocycles. The average Bonchev–Trinajstić information content (AvgIpc) is 3.36. The molecule has 2 heterocycles. The summed E-state index contributed by atoms with van der Waals surface area (Å²) in [6, 6.07) is 17.1. The van der Waals surface area contributed by atoms with Crippen LogP contribution in [0.4, 0.5) is 10.8 Å². The fourth-order valence-electron chi connectivity index (χ4n) is 4.24. The molecule has 0 atom stereocenters. The minimum absolute atomic E-state index is 0.0593. The van der Waals surface area contributed by atoms with Gasteiger partial charge in [-0.3, -0.25) is 14.9 Å². The van der Waals surface area contributed by atoms with Gasteiger partial charge < -0.3 is 0 Å². The standard InChI is InChI=1S/C27H24BrN5O5S2/c1-18-12-14-31(15-13-18)40(37,38)23-9-4-20(5-10-23)26(34)32(27-30-24-11-6-21(28)16-25(24)39-27)29-17-19-2-7-22(8-3-19)33(35)36/h2-11,16-18H,12-15H2,1H3/b29-17+. The molecule has 1 saturated heterocycles. The summed E-state index contributed by atoms with van der Waals surface area (Å²) in [5.41, 5.74) is 1.40. The third kappa shape index (κ3) is 5.97. The van der Waals surface area contributed by atoms with E-state index in [1.165, 1.54) is 70.4 Å². The van der Waals surface area contributed by atoms with Crippen molar-refractivity contribution in [2.75, 3.05) is 18.1 Å². The second kappa shape index (κ2) is 11.5. The maximum Gasteiger partial charge on any atom is 0.280 e. The largest absolute Gasteiger partial charge is 0.280 e. The first-order valence-corrected chi connectivity index (χ1v) is 15.5. The topological polar surface area (TPSA) is 126 Å². The number of amides is 1. The number of benzene rings is 3. The van der Waals surface area contributed by atoms with Crippen molar-refractivity contribution in [2.45, 2.75) is 24.7 Å². The van der Waals surface area contributed by atoms with E-state index in [4.69, 9.17) is 0 Å². The number of carbonyl (C=O) groups excluding carboxylic acids is 1. The van der Waals surface area contributed by atoms with Gasteiger partial charge in [0.15, 0.2) is 0 Å². The maximum absolute atomic E-state index is 13.7. The number of sulfonamides is 1. The van der Waals surface area contributed by atoms with Crippen molar-refractivity contribution >= 4 is 70.4 Å². The van der Waals surface area contributed by atoms with Crippen LogP contribution in [0.1, 0.15) is 35.7 Å². The van der Waals surface area contributed by atoms with E-state index in [0.29, 0.717) is 35.2 Å². The number of nitro benzene ring substituents is 1. The molecule has 0 radical (unpaired) electrons. The zero-order valence-corrected chi connectivity index (χ0v) is 24.5. The summed E-state index contributed by atoms with van der Waals surface area (Å²) in [6.45, 7) is 3.07. The fourth-order valence-corrected chi connectivity index (χ4v) is 7.18. The number of aromatic nitrogens is 1. The Balaban J connectivity index is 1.45. The van der Waals surface area contributed by atoms with Crippen LogP contribution in [0.15, 0.2) is 81.2 Å². The Morgan fingerprint density at radius 2 is 1.80 bits per heavy atom. The van der Waals surface area contributed by atoms with Gasteiger partial charge in [0, 0.05) is 35.3 Å².